The summed E-state index contributed by atoms with van der Waals surface area (Å²) in [5, 5.41) is 5.70. The third-order valence-corrected chi connectivity index (χ3v) is 6.78. The van der Waals surface area contributed by atoms with Crippen LogP contribution in [-0.4, -0.2) is 58.6 Å². The van der Waals surface area contributed by atoms with Gasteiger partial charge in [-0.1, -0.05) is 75.4 Å². The molecule has 0 saturated carbocycles. The number of nitrogens with zero attached hydrogens (tertiary/aromatic N) is 1. The van der Waals surface area contributed by atoms with Crippen molar-refractivity contribution in [3.05, 3.63) is 71.3 Å². The van der Waals surface area contributed by atoms with Gasteiger partial charge in [-0.2, -0.15) is 0 Å². The van der Waals surface area contributed by atoms with Crippen molar-refractivity contribution in [2.24, 2.45) is 5.92 Å². The second-order valence-electron chi connectivity index (χ2n) is 13.9. The lowest BCUT2D eigenvalue weighted by Crippen LogP contribution is -2.55. The summed E-state index contributed by atoms with van der Waals surface area (Å²) in [4.78, 5) is 56.6. The first-order valence-corrected chi connectivity index (χ1v) is 15.8. The Morgan fingerprint density at radius 2 is 1.38 bits per heavy atom. The molecule has 0 radical (unpaired) electrons. The average Bonchev–Trinajstić information content (AvgIpc) is 2.91. The topological polar surface area (TPSA) is 114 Å². The molecule has 2 aromatic carbocycles. The van der Waals surface area contributed by atoms with Crippen LogP contribution in [0.4, 0.5) is 4.79 Å². The van der Waals surface area contributed by atoms with E-state index in [0.717, 1.165) is 11.1 Å². The summed E-state index contributed by atoms with van der Waals surface area (Å²) in [5.74, 6) is -1.43. The second kappa shape index (κ2) is 16.4. The van der Waals surface area contributed by atoms with Gasteiger partial charge in [0, 0.05) is 13.0 Å². The van der Waals surface area contributed by atoms with E-state index in [1.54, 1.807) is 41.5 Å². The van der Waals surface area contributed by atoms with Crippen LogP contribution in [0.5, 0.6) is 0 Å². The molecule has 0 aliphatic carbocycles. The molecule has 0 heterocycles. The quantitative estimate of drug-likeness (QED) is 0.254. The fraction of sp³-hybridized carbons (Fsp3) is 0.556. The molecule has 0 saturated heterocycles. The summed E-state index contributed by atoms with van der Waals surface area (Å²) in [5.41, 5.74) is 0.760. The highest BCUT2D eigenvalue weighted by atomic mass is 16.6. The Balaban J connectivity index is 2.58. The molecule has 2 rings (SSSR count). The van der Waals surface area contributed by atoms with Gasteiger partial charge in [0.2, 0.25) is 11.8 Å². The molecular weight excluding hydrogens is 570 g/mol. The van der Waals surface area contributed by atoms with E-state index in [0.29, 0.717) is 18.4 Å². The fourth-order valence-corrected chi connectivity index (χ4v) is 4.96. The first-order chi connectivity index (χ1) is 20.9. The fourth-order valence-electron chi connectivity index (χ4n) is 4.96. The normalized spacial score (nSPS) is 13.8. The number of benzene rings is 2. The van der Waals surface area contributed by atoms with E-state index in [4.69, 9.17) is 9.47 Å². The van der Waals surface area contributed by atoms with Crippen molar-refractivity contribution < 1.29 is 28.7 Å². The largest absolute Gasteiger partial charge is 0.458 e. The summed E-state index contributed by atoms with van der Waals surface area (Å²) < 4.78 is 11.2. The maximum atomic E-state index is 14.4. The van der Waals surface area contributed by atoms with Gasteiger partial charge >= 0.3 is 12.1 Å². The minimum atomic E-state index is -1.07. The third kappa shape index (κ3) is 12.6. The van der Waals surface area contributed by atoms with Crippen molar-refractivity contribution in [1.29, 1.82) is 0 Å². The van der Waals surface area contributed by atoms with Crippen LogP contribution < -0.4 is 10.6 Å². The number of amides is 3. The Morgan fingerprint density at radius 3 is 1.91 bits per heavy atom. The van der Waals surface area contributed by atoms with Gasteiger partial charge in [-0.3, -0.25) is 9.59 Å². The summed E-state index contributed by atoms with van der Waals surface area (Å²) in [7, 11) is 0. The number of rotatable bonds is 13. The summed E-state index contributed by atoms with van der Waals surface area (Å²) in [6.45, 7) is 18.5. The van der Waals surface area contributed by atoms with Gasteiger partial charge in [0.05, 0.1) is 0 Å². The van der Waals surface area contributed by atoms with Crippen LogP contribution in [0.2, 0.25) is 0 Å². The molecule has 9 heteroatoms. The van der Waals surface area contributed by atoms with Gasteiger partial charge in [-0.25, -0.2) is 9.59 Å². The number of alkyl carbamates (subject to hydrolysis) is 1. The van der Waals surface area contributed by atoms with Crippen LogP contribution in [0, 0.1) is 12.8 Å². The molecule has 0 aliphatic heterocycles. The number of ether oxygens (including phenoxy) is 2. The van der Waals surface area contributed by atoms with Gasteiger partial charge < -0.3 is 25.0 Å². The van der Waals surface area contributed by atoms with Crippen molar-refractivity contribution in [2.75, 3.05) is 6.54 Å². The standard InChI is InChI=1S/C36H53N3O6/c1-11-21-39(32(41)28(22-24(2)3)38-34(43)45-36(8,9)10)30(27-20-16-15-17-25(27)4)31(40)37-29(33(42)44-35(5,6)7)23-26-18-13-12-14-19-26/h12-20,24,28-30H,11,21-23H2,1-10H3,(H,37,40)(H,38,43). The Kier molecular flexibility index (Phi) is 13.6. The van der Waals surface area contributed by atoms with E-state index in [2.05, 4.69) is 10.6 Å². The minimum Gasteiger partial charge on any atom is -0.458 e. The number of aryl methyl sites for hydroxylation is 1. The Hall–Kier alpha value is -3.88. The molecule has 2 aromatic rings. The summed E-state index contributed by atoms with van der Waals surface area (Å²) >= 11 is 0. The predicted octanol–water partition coefficient (Wildman–Crippen LogP) is 6.28. The van der Waals surface area contributed by atoms with Gasteiger partial charge in [-0.05, 0) is 83.9 Å². The lowest BCUT2D eigenvalue weighted by molar-refractivity contribution is -0.159. The first-order valence-electron chi connectivity index (χ1n) is 15.8. The molecule has 0 aliphatic rings. The highest BCUT2D eigenvalue weighted by Gasteiger charge is 2.38. The van der Waals surface area contributed by atoms with Crippen molar-refractivity contribution in [3.63, 3.8) is 0 Å². The number of nitrogens with one attached hydrogen (secondary N) is 2. The summed E-state index contributed by atoms with van der Waals surface area (Å²) in [6, 6.07) is 13.7. The molecule has 3 amide bonds. The average molecular weight is 624 g/mol. The van der Waals surface area contributed by atoms with Crippen LogP contribution in [-0.2, 0) is 30.3 Å². The molecule has 248 valence electrons. The molecule has 45 heavy (non-hydrogen) atoms. The van der Waals surface area contributed by atoms with Crippen LogP contribution in [0.25, 0.3) is 0 Å². The van der Waals surface area contributed by atoms with Crippen molar-refractivity contribution in [3.8, 4) is 0 Å². The van der Waals surface area contributed by atoms with Crippen LogP contribution in [0.15, 0.2) is 54.6 Å². The maximum Gasteiger partial charge on any atom is 0.408 e. The predicted molar refractivity (Wildman–Crippen MR) is 176 cm³/mol. The highest BCUT2D eigenvalue weighted by molar-refractivity contribution is 5.94. The monoisotopic (exact) mass is 623 g/mol. The van der Waals surface area contributed by atoms with E-state index in [1.165, 1.54) is 4.90 Å². The molecular formula is C36H53N3O6. The van der Waals surface area contributed by atoms with Gasteiger partial charge in [0.1, 0.15) is 29.3 Å². The number of carbonyl (C=O) groups excluding carboxylic acids is 4. The second-order valence-corrected chi connectivity index (χ2v) is 13.9. The zero-order valence-corrected chi connectivity index (χ0v) is 28.7. The third-order valence-electron chi connectivity index (χ3n) is 6.78. The number of esters is 1. The van der Waals surface area contributed by atoms with Crippen LogP contribution in [0.3, 0.4) is 0 Å². The molecule has 3 atom stereocenters. The zero-order valence-electron chi connectivity index (χ0n) is 28.7. The Morgan fingerprint density at radius 1 is 0.800 bits per heavy atom. The number of hydrogen-bond donors (Lipinski definition) is 2. The number of carbonyl (C=O) groups is 4. The molecule has 0 aromatic heterocycles. The van der Waals surface area contributed by atoms with Crippen LogP contribution >= 0.6 is 0 Å². The molecule has 0 fully saturated rings. The smallest absolute Gasteiger partial charge is 0.408 e. The van der Waals surface area contributed by atoms with E-state index < -0.39 is 53.2 Å². The van der Waals surface area contributed by atoms with Crippen molar-refractivity contribution in [1.82, 2.24) is 15.5 Å². The lowest BCUT2D eigenvalue weighted by Gasteiger charge is -2.36. The van der Waals surface area contributed by atoms with E-state index >= 15 is 0 Å². The SMILES string of the molecule is CCCN(C(=O)C(CC(C)C)NC(=O)OC(C)(C)C)C(C(=O)NC(Cc1ccccc1)C(=O)OC(C)(C)C)c1ccccc1C. The minimum absolute atomic E-state index is 0.0607. The van der Waals surface area contributed by atoms with Crippen molar-refractivity contribution in [2.45, 2.75) is 118 Å². The van der Waals surface area contributed by atoms with Crippen molar-refractivity contribution >= 4 is 23.9 Å². The first kappa shape index (κ1) is 37.3. The molecule has 9 nitrogen and oxygen atoms in total. The van der Waals surface area contributed by atoms with Gasteiger partial charge in [0.25, 0.3) is 0 Å². The van der Waals surface area contributed by atoms with Gasteiger partial charge in [-0.15, -0.1) is 0 Å². The van der Waals surface area contributed by atoms with E-state index in [-0.39, 0.29) is 18.9 Å². The highest BCUT2D eigenvalue weighted by Crippen LogP contribution is 2.27. The molecule has 0 bridgehead atoms. The van der Waals surface area contributed by atoms with E-state index in [1.807, 2.05) is 82.3 Å². The molecule has 2 N–H and O–H groups in total. The van der Waals surface area contributed by atoms with Crippen LogP contribution in [0.1, 0.15) is 97.9 Å². The maximum absolute atomic E-state index is 14.4. The lowest BCUT2D eigenvalue weighted by atomic mass is 9.95. The molecule has 3 unspecified atom stereocenters. The number of hydrogen-bond acceptors (Lipinski definition) is 6. The van der Waals surface area contributed by atoms with Gasteiger partial charge in [0.15, 0.2) is 0 Å². The Bertz CT molecular complexity index is 1280. The van der Waals surface area contributed by atoms with E-state index in [9.17, 15) is 19.2 Å². The molecule has 0 spiro atoms. The summed E-state index contributed by atoms with van der Waals surface area (Å²) in [6.07, 6.45) is 0.402. The zero-order chi connectivity index (χ0) is 33.9. The Labute approximate surface area is 269 Å².